The van der Waals surface area contributed by atoms with Crippen molar-refractivity contribution >= 4 is 0 Å². The number of aliphatic hydroxyl groups excluding tert-OH is 1. The third kappa shape index (κ3) is 3.45. The predicted octanol–water partition coefficient (Wildman–Crippen LogP) is 1.10. The van der Waals surface area contributed by atoms with Crippen LogP contribution in [0.2, 0.25) is 0 Å². The van der Waals surface area contributed by atoms with Crippen LogP contribution in [0.1, 0.15) is 19.3 Å². The first-order valence-electron chi connectivity index (χ1n) is 4.37. The van der Waals surface area contributed by atoms with E-state index in [1.54, 1.807) is 4.90 Å². The normalized spacial score (nSPS) is 27.5. The van der Waals surface area contributed by atoms with Gasteiger partial charge in [-0.05, 0) is 25.8 Å². The van der Waals surface area contributed by atoms with Crippen LogP contribution in [0.25, 0.3) is 0 Å². The Morgan fingerprint density at radius 2 is 2.08 bits per heavy atom. The van der Waals surface area contributed by atoms with Crippen molar-refractivity contribution in [3.63, 3.8) is 0 Å². The van der Waals surface area contributed by atoms with Crippen LogP contribution in [0.3, 0.4) is 0 Å². The molecule has 0 aromatic carbocycles. The fraction of sp³-hybridized carbons (Fsp3) is 1.00. The van der Waals surface area contributed by atoms with Gasteiger partial charge in [0.1, 0.15) is 0 Å². The summed E-state index contributed by atoms with van der Waals surface area (Å²) in [6, 6.07) is 0. The van der Waals surface area contributed by atoms with E-state index < -0.39 is 6.43 Å². The highest BCUT2D eigenvalue weighted by Crippen LogP contribution is 2.11. The van der Waals surface area contributed by atoms with Gasteiger partial charge in [0.25, 0.3) is 6.43 Å². The molecule has 0 spiro atoms. The lowest BCUT2D eigenvalue weighted by atomic mass is 10.2. The van der Waals surface area contributed by atoms with E-state index in [-0.39, 0.29) is 12.6 Å². The van der Waals surface area contributed by atoms with Crippen LogP contribution in [-0.2, 0) is 0 Å². The fourth-order valence-corrected chi connectivity index (χ4v) is 1.52. The van der Waals surface area contributed by atoms with E-state index in [4.69, 9.17) is 0 Å². The van der Waals surface area contributed by atoms with Crippen molar-refractivity contribution in [3.05, 3.63) is 0 Å². The zero-order valence-corrected chi connectivity index (χ0v) is 7.05. The molecule has 1 fully saturated rings. The van der Waals surface area contributed by atoms with Crippen LogP contribution in [0, 0.1) is 0 Å². The van der Waals surface area contributed by atoms with Crippen molar-refractivity contribution in [2.24, 2.45) is 0 Å². The van der Waals surface area contributed by atoms with E-state index in [1.165, 1.54) is 0 Å². The maximum absolute atomic E-state index is 11.9. The molecule has 0 radical (unpaired) electrons. The van der Waals surface area contributed by atoms with Crippen molar-refractivity contribution in [2.75, 3.05) is 19.6 Å². The molecule has 1 heterocycles. The minimum atomic E-state index is -2.25. The van der Waals surface area contributed by atoms with Crippen molar-refractivity contribution in [2.45, 2.75) is 31.8 Å². The second-order valence-electron chi connectivity index (χ2n) is 3.28. The van der Waals surface area contributed by atoms with E-state index >= 15 is 0 Å². The lowest BCUT2D eigenvalue weighted by Crippen LogP contribution is -2.30. The van der Waals surface area contributed by atoms with Crippen LogP contribution in [0.4, 0.5) is 8.78 Å². The van der Waals surface area contributed by atoms with Gasteiger partial charge < -0.3 is 5.11 Å². The molecule has 12 heavy (non-hydrogen) atoms. The molecule has 0 aromatic heterocycles. The molecule has 0 saturated carbocycles. The van der Waals surface area contributed by atoms with Gasteiger partial charge in [0.2, 0.25) is 0 Å². The molecule has 0 aromatic rings. The summed E-state index contributed by atoms with van der Waals surface area (Å²) in [4.78, 5) is 1.72. The SMILES string of the molecule is OC1CCCN(CC(F)F)CC1. The second kappa shape index (κ2) is 4.72. The van der Waals surface area contributed by atoms with Gasteiger partial charge in [-0.25, -0.2) is 8.78 Å². The van der Waals surface area contributed by atoms with Gasteiger partial charge in [0.15, 0.2) is 0 Å². The fourth-order valence-electron chi connectivity index (χ4n) is 1.52. The smallest absolute Gasteiger partial charge is 0.251 e. The zero-order chi connectivity index (χ0) is 8.97. The summed E-state index contributed by atoms with van der Waals surface area (Å²) in [5, 5.41) is 9.23. The average Bonchev–Trinajstić information content (AvgIpc) is 2.15. The van der Waals surface area contributed by atoms with Crippen LogP contribution >= 0.6 is 0 Å². The summed E-state index contributed by atoms with van der Waals surface area (Å²) in [6.07, 6.45) is -0.326. The molecule has 1 saturated heterocycles. The van der Waals surface area contributed by atoms with E-state index in [2.05, 4.69) is 0 Å². The van der Waals surface area contributed by atoms with Gasteiger partial charge in [-0.1, -0.05) is 0 Å². The molecule has 0 bridgehead atoms. The Balaban J connectivity index is 2.26. The molecular weight excluding hydrogens is 164 g/mol. The van der Waals surface area contributed by atoms with Crippen molar-refractivity contribution in [1.82, 2.24) is 4.90 Å². The third-order valence-electron chi connectivity index (χ3n) is 2.19. The maximum atomic E-state index is 11.9. The third-order valence-corrected chi connectivity index (χ3v) is 2.19. The quantitative estimate of drug-likeness (QED) is 0.686. The molecule has 1 rings (SSSR count). The Kier molecular flexibility index (Phi) is 3.88. The number of likely N-dealkylation sites (tertiary alicyclic amines) is 1. The molecule has 1 aliphatic rings. The summed E-state index contributed by atoms with van der Waals surface area (Å²) < 4.78 is 23.9. The highest BCUT2D eigenvalue weighted by Gasteiger charge is 2.17. The molecule has 2 nitrogen and oxygen atoms in total. The molecule has 1 atom stereocenters. The van der Waals surface area contributed by atoms with Crippen molar-refractivity contribution in [1.29, 1.82) is 0 Å². The monoisotopic (exact) mass is 179 g/mol. The number of aliphatic hydroxyl groups is 1. The Morgan fingerprint density at radius 3 is 2.75 bits per heavy atom. The number of hydrogen-bond acceptors (Lipinski definition) is 2. The Labute approximate surface area is 71.2 Å². The molecule has 0 amide bonds. The van der Waals surface area contributed by atoms with E-state index in [0.717, 1.165) is 12.8 Å². The molecule has 1 aliphatic heterocycles. The van der Waals surface area contributed by atoms with Crippen LogP contribution in [0.15, 0.2) is 0 Å². The zero-order valence-electron chi connectivity index (χ0n) is 7.05. The first-order chi connectivity index (χ1) is 5.68. The molecule has 72 valence electrons. The molecule has 1 N–H and O–H groups in total. The molecule has 4 heteroatoms. The molecular formula is C8H15F2NO. The summed E-state index contributed by atoms with van der Waals surface area (Å²) in [6.45, 7) is 1.15. The van der Waals surface area contributed by atoms with Crippen LogP contribution in [0.5, 0.6) is 0 Å². The number of halogens is 2. The van der Waals surface area contributed by atoms with Gasteiger partial charge >= 0.3 is 0 Å². The maximum Gasteiger partial charge on any atom is 0.251 e. The molecule has 0 aliphatic carbocycles. The minimum absolute atomic E-state index is 0.146. The highest BCUT2D eigenvalue weighted by atomic mass is 19.3. The highest BCUT2D eigenvalue weighted by molar-refractivity contribution is 4.69. The standard InChI is InChI=1S/C8H15F2NO/c9-8(10)6-11-4-1-2-7(12)3-5-11/h7-8,12H,1-6H2. The number of hydrogen-bond donors (Lipinski definition) is 1. The first-order valence-corrected chi connectivity index (χ1v) is 4.37. The topological polar surface area (TPSA) is 23.5 Å². The Morgan fingerprint density at radius 1 is 1.33 bits per heavy atom. The van der Waals surface area contributed by atoms with E-state index in [9.17, 15) is 13.9 Å². The number of rotatable bonds is 2. The van der Waals surface area contributed by atoms with Crippen LogP contribution < -0.4 is 0 Å². The summed E-state index contributed by atoms with van der Waals surface area (Å²) in [7, 11) is 0. The Bertz CT molecular complexity index is 132. The van der Waals surface area contributed by atoms with Gasteiger partial charge in [-0.2, -0.15) is 0 Å². The van der Waals surface area contributed by atoms with Crippen molar-refractivity contribution < 1.29 is 13.9 Å². The van der Waals surface area contributed by atoms with Gasteiger partial charge in [-0.3, -0.25) is 4.90 Å². The number of nitrogens with zero attached hydrogens (tertiary/aromatic N) is 1. The second-order valence-corrected chi connectivity index (χ2v) is 3.28. The van der Waals surface area contributed by atoms with E-state index in [1.807, 2.05) is 0 Å². The number of alkyl halides is 2. The minimum Gasteiger partial charge on any atom is -0.393 e. The predicted molar refractivity (Wildman–Crippen MR) is 42.3 cm³/mol. The Hall–Kier alpha value is -0.220. The van der Waals surface area contributed by atoms with Gasteiger partial charge in [0, 0.05) is 6.54 Å². The molecule has 1 unspecified atom stereocenters. The average molecular weight is 179 g/mol. The summed E-state index contributed by atoms with van der Waals surface area (Å²) in [5.41, 5.74) is 0. The summed E-state index contributed by atoms with van der Waals surface area (Å²) >= 11 is 0. The van der Waals surface area contributed by atoms with Gasteiger partial charge in [-0.15, -0.1) is 0 Å². The van der Waals surface area contributed by atoms with Gasteiger partial charge in [0.05, 0.1) is 12.6 Å². The lowest BCUT2D eigenvalue weighted by molar-refractivity contribution is 0.0864. The first kappa shape index (κ1) is 9.86. The summed E-state index contributed by atoms with van der Waals surface area (Å²) in [5.74, 6) is 0. The van der Waals surface area contributed by atoms with Crippen LogP contribution in [-0.4, -0.2) is 42.2 Å². The lowest BCUT2D eigenvalue weighted by Gasteiger charge is -2.18. The van der Waals surface area contributed by atoms with E-state index in [0.29, 0.717) is 19.5 Å². The van der Waals surface area contributed by atoms with Crippen molar-refractivity contribution in [3.8, 4) is 0 Å². The largest absolute Gasteiger partial charge is 0.393 e.